The lowest BCUT2D eigenvalue weighted by molar-refractivity contribution is 0.169. The molecule has 0 spiro atoms. The van der Waals surface area contributed by atoms with Crippen LogP contribution in [0.3, 0.4) is 0 Å². The van der Waals surface area contributed by atoms with Gasteiger partial charge in [0, 0.05) is 17.8 Å². The maximum absolute atomic E-state index is 12.6. The third kappa shape index (κ3) is 3.26. The lowest BCUT2D eigenvalue weighted by Gasteiger charge is -2.36. The number of anilines is 1. The van der Waals surface area contributed by atoms with Gasteiger partial charge in [0.2, 0.25) is 12.5 Å². The number of hydrogen-bond acceptors (Lipinski definition) is 5. The summed E-state index contributed by atoms with van der Waals surface area (Å²) in [7, 11) is 3.58. The van der Waals surface area contributed by atoms with Crippen molar-refractivity contribution < 1.29 is 19.0 Å². The van der Waals surface area contributed by atoms with Crippen molar-refractivity contribution in [1.82, 2.24) is 10.2 Å². The Hall–Kier alpha value is -2.93. The second-order valence-electron chi connectivity index (χ2n) is 6.82. The molecule has 7 nitrogen and oxygen atoms in total. The highest BCUT2D eigenvalue weighted by atomic mass is 16.7. The number of ether oxygens (including phenoxy) is 3. The molecule has 142 valence electrons. The molecular formula is C20H23N3O4. The Morgan fingerprint density at radius 1 is 1.30 bits per heavy atom. The molecule has 0 aliphatic carbocycles. The van der Waals surface area contributed by atoms with E-state index in [0.29, 0.717) is 17.2 Å². The number of aryl methyl sites for hydroxylation is 1. The maximum Gasteiger partial charge on any atom is 0.320 e. The van der Waals surface area contributed by atoms with Crippen LogP contribution in [0.2, 0.25) is 0 Å². The van der Waals surface area contributed by atoms with E-state index in [2.05, 4.69) is 15.5 Å². The van der Waals surface area contributed by atoms with Crippen molar-refractivity contribution in [2.45, 2.75) is 19.5 Å². The van der Waals surface area contributed by atoms with Crippen LogP contribution in [0.1, 0.15) is 22.9 Å². The molecule has 0 fully saturated rings. The van der Waals surface area contributed by atoms with Gasteiger partial charge in [-0.3, -0.25) is 4.90 Å². The first-order valence-electron chi connectivity index (χ1n) is 8.90. The predicted octanol–water partition coefficient (Wildman–Crippen LogP) is 3.04. The normalized spacial score (nSPS) is 18.0. The number of likely N-dealkylation sites (N-methyl/N-ethyl adjacent to an activating group) is 1. The molecule has 2 N–H and O–H groups in total. The van der Waals surface area contributed by atoms with Crippen LogP contribution in [0.4, 0.5) is 10.5 Å². The monoisotopic (exact) mass is 369 g/mol. The van der Waals surface area contributed by atoms with Crippen molar-refractivity contribution in [3.8, 4) is 17.2 Å². The van der Waals surface area contributed by atoms with Crippen LogP contribution in [0.25, 0.3) is 0 Å². The SMILES string of the molecule is COc1c2c(cc3c1[C@@H](NC(=O)Nc1cccc(C)c1)N(C)CC3)OCO2. The summed E-state index contributed by atoms with van der Waals surface area (Å²) in [6.07, 6.45) is 0.513. The summed E-state index contributed by atoms with van der Waals surface area (Å²) in [6.45, 7) is 2.98. The third-order valence-corrected chi connectivity index (χ3v) is 4.94. The lowest BCUT2D eigenvalue weighted by Crippen LogP contribution is -2.45. The number of nitrogens with zero attached hydrogens (tertiary/aromatic N) is 1. The highest BCUT2D eigenvalue weighted by molar-refractivity contribution is 5.89. The average Bonchev–Trinajstić information content (AvgIpc) is 3.10. The zero-order valence-corrected chi connectivity index (χ0v) is 15.7. The fourth-order valence-corrected chi connectivity index (χ4v) is 3.63. The summed E-state index contributed by atoms with van der Waals surface area (Å²) in [6, 6.07) is 9.41. The molecular weight excluding hydrogens is 346 g/mol. The van der Waals surface area contributed by atoms with Crippen LogP contribution in [0.5, 0.6) is 17.2 Å². The zero-order valence-electron chi connectivity index (χ0n) is 15.7. The van der Waals surface area contributed by atoms with Gasteiger partial charge in [0.15, 0.2) is 11.5 Å². The van der Waals surface area contributed by atoms with Crippen LogP contribution in [-0.2, 0) is 6.42 Å². The van der Waals surface area contributed by atoms with E-state index >= 15 is 0 Å². The summed E-state index contributed by atoms with van der Waals surface area (Å²) in [5, 5.41) is 5.96. The number of rotatable bonds is 3. The van der Waals surface area contributed by atoms with E-state index in [9.17, 15) is 4.79 Å². The summed E-state index contributed by atoms with van der Waals surface area (Å²) in [4.78, 5) is 14.7. The fraction of sp³-hybridized carbons (Fsp3) is 0.350. The van der Waals surface area contributed by atoms with E-state index in [4.69, 9.17) is 14.2 Å². The number of hydrogen-bond donors (Lipinski definition) is 2. The number of fused-ring (bicyclic) bond motifs is 2. The van der Waals surface area contributed by atoms with E-state index in [0.717, 1.165) is 35.3 Å². The Kier molecular flexibility index (Phi) is 4.53. The minimum atomic E-state index is -0.331. The summed E-state index contributed by atoms with van der Waals surface area (Å²) < 4.78 is 16.8. The molecule has 2 aromatic carbocycles. The van der Waals surface area contributed by atoms with Crippen molar-refractivity contribution in [3.05, 3.63) is 47.0 Å². The van der Waals surface area contributed by atoms with Crippen molar-refractivity contribution in [1.29, 1.82) is 0 Å². The highest BCUT2D eigenvalue weighted by Gasteiger charge is 2.34. The van der Waals surface area contributed by atoms with Crippen molar-refractivity contribution >= 4 is 11.7 Å². The molecule has 0 unspecified atom stereocenters. The highest BCUT2D eigenvalue weighted by Crippen LogP contribution is 2.48. The summed E-state index contributed by atoms with van der Waals surface area (Å²) in [5.74, 6) is 1.91. The largest absolute Gasteiger partial charge is 0.492 e. The molecule has 2 aliphatic rings. The van der Waals surface area contributed by atoms with Crippen LogP contribution < -0.4 is 24.8 Å². The molecule has 2 heterocycles. The van der Waals surface area contributed by atoms with Crippen molar-refractivity contribution in [2.75, 3.05) is 32.8 Å². The number of urea groups is 1. The molecule has 7 heteroatoms. The minimum Gasteiger partial charge on any atom is -0.492 e. The molecule has 0 saturated heterocycles. The molecule has 2 amide bonds. The van der Waals surface area contributed by atoms with Crippen LogP contribution in [-0.4, -0.2) is 38.4 Å². The van der Waals surface area contributed by atoms with Gasteiger partial charge in [-0.15, -0.1) is 0 Å². The molecule has 2 aromatic rings. The number of nitrogens with one attached hydrogen (secondary N) is 2. The van der Waals surface area contributed by atoms with Gasteiger partial charge in [-0.25, -0.2) is 4.79 Å². The number of amides is 2. The Morgan fingerprint density at radius 2 is 2.15 bits per heavy atom. The minimum absolute atomic E-state index is 0.177. The number of benzene rings is 2. The summed E-state index contributed by atoms with van der Waals surface area (Å²) >= 11 is 0. The zero-order chi connectivity index (χ0) is 19.0. The topological polar surface area (TPSA) is 72.1 Å². The van der Waals surface area contributed by atoms with E-state index < -0.39 is 0 Å². The predicted molar refractivity (Wildman–Crippen MR) is 102 cm³/mol. The van der Waals surface area contributed by atoms with Gasteiger partial charge in [-0.2, -0.15) is 0 Å². The first kappa shape index (κ1) is 17.5. The Labute approximate surface area is 158 Å². The van der Waals surface area contributed by atoms with Crippen LogP contribution >= 0.6 is 0 Å². The quantitative estimate of drug-likeness (QED) is 0.870. The molecule has 0 aromatic heterocycles. The molecule has 0 saturated carbocycles. The first-order chi connectivity index (χ1) is 13.1. The Balaban J connectivity index is 1.63. The van der Waals surface area contributed by atoms with E-state index in [1.807, 2.05) is 44.3 Å². The number of methoxy groups -OCH3 is 1. The van der Waals surface area contributed by atoms with Crippen molar-refractivity contribution in [2.24, 2.45) is 0 Å². The smallest absolute Gasteiger partial charge is 0.320 e. The molecule has 0 radical (unpaired) electrons. The van der Waals surface area contributed by atoms with Gasteiger partial charge in [-0.1, -0.05) is 12.1 Å². The molecule has 1 atom stereocenters. The lowest BCUT2D eigenvalue weighted by atomic mass is 9.95. The molecule has 27 heavy (non-hydrogen) atoms. The van der Waals surface area contributed by atoms with Gasteiger partial charge in [-0.05, 0) is 49.7 Å². The standard InChI is InChI=1S/C20H23N3O4/c1-12-5-4-6-14(9-12)21-20(24)22-19-16-13(7-8-23(19)2)10-15-17(18(16)25-3)27-11-26-15/h4-6,9-10,19H,7-8,11H2,1-3H3,(H2,21,22,24)/t19-/m0/s1. The second-order valence-corrected chi connectivity index (χ2v) is 6.82. The van der Waals surface area contributed by atoms with E-state index in [-0.39, 0.29) is 19.0 Å². The maximum atomic E-state index is 12.6. The number of carbonyl (C=O) groups excluding carboxylic acids is 1. The van der Waals surface area contributed by atoms with Gasteiger partial charge >= 0.3 is 6.03 Å². The second kappa shape index (κ2) is 7.00. The van der Waals surface area contributed by atoms with E-state index in [1.54, 1.807) is 7.11 Å². The van der Waals surface area contributed by atoms with Crippen LogP contribution in [0.15, 0.2) is 30.3 Å². The van der Waals surface area contributed by atoms with Gasteiger partial charge in [0.25, 0.3) is 0 Å². The number of carbonyl (C=O) groups is 1. The molecule has 0 bridgehead atoms. The van der Waals surface area contributed by atoms with Gasteiger partial charge in [0.05, 0.1) is 7.11 Å². The Bertz CT molecular complexity index is 884. The Morgan fingerprint density at radius 3 is 2.93 bits per heavy atom. The van der Waals surface area contributed by atoms with Crippen molar-refractivity contribution in [3.63, 3.8) is 0 Å². The first-order valence-corrected chi connectivity index (χ1v) is 8.90. The van der Waals surface area contributed by atoms with Gasteiger partial charge < -0.3 is 24.8 Å². The summed E-state index contributed by atoms with van der Waals surface area (Å²) in [5.41, 5.74) is 3.84. The third-order valence-electron chi connectivity index (χ3n) is 4.94. The van der Waals surface area contributed by atoms with Crippen LogP contribution in [0, 0.1) is 6.92 Å². The van der Waals surface area contributed by atoms with Gasteiger partial charge in [0.1, 0.15) is 6.17 Å². The molecule has 2 aliphatic heterocycles. The molecule has 4 rings (SSSR count). The fourth-order valence-electron chi connectivity index (χ4n) is 3.63. The average molecular weight is 369 g/mol. The van der Waals surface area contributed by atoms with E-state index in [1.165, 1.54) is 0 Å².